The number of sulfonamides is 1. The summed E-state index contributed by atoms with van der Waals surface area (Å²) < 4.78 is 43.3. The zero-order valence-electron chi connectivity index (χ0n) is 12.9. The van der Waals surface area contributed by atoms with Gasteiger partial charge in [-0.25, -0.2) is 13.1 Å². The maximum atomic E-state index is 12.4. The van der Waals surface area contributed by atoms with Crippen LogP contribution < -0.4 is 18.9 Å². The molecule has 24 heavy (non-hydrogen) atoms. The van der Waals surface area contributed by atoms with Crippen molar-refractivity contribution < 1.29 is 22.6 Å². The number of nitrogens with one attached hydrogen (secondary N) is 1. The Morgan fingerprint density at radius 3 is 2.75 bits per heavy atom. The van der Waals surface area contributed by atoms with Gasteiger partial charge < -0.3 is 14.2 Å². The van der Waals surface area contributed by atoms with E-state index in [-0.39, 0.29) is 18.2 Å². The molecule has 2 aromatic carbocycles. The molecular formula is C16H16ClNO5S. The molecule has 1 aliphatic rings. The van der Waals surface area contributed by atoms with Crippen molar-refractivity contribution in [2.45, 2.75) is 18.4 Å². The molecule has 1 aliphatic heterocycles. The monoisotopic (exact) mass is 369 g/mol. The van der Waals surface area contributed by atoms with Gasteiger partial charge in [0.2, 0.25) is 16.8 Å². The number of rotatable bonds is 6. The van der Waals surface area contributed by atoms with Gasteiger partial charge in [0.25, 0.3) is 0 Å². The first kappa shape index (κ1) is 16.9. The molecule has 0 aliphatic carbocycles. The average molecular weight is 370 g/mol. The Hall–Kier alpha value is -1.96. The first-order valence-electron chi connectivity index (χ1n) is 7.30. The smallest absolute Gasteiger partial charge is 0.241 e. The van der Waals surface area contributed by atoms with Crippen molar-refractivity contribution >= 4 is 21.6 Å². The predicted molar refractivity (Wildman–Crippen MR) is 89.2 cm³/mol. The number of ether oxygens (including phenoxy) is 3. The average Bonchev–Trinajstić information content (AvgIpc) is 3.03. The minimum absolute atomic E-state index is 0.0936. The first-order valence-corrected chi connectivity index (χ1v) is 9.16. The van der Waals surface area contributed by atoms with Crippen LogP contribution in [0.15, 0.2) is 41.3 Å². The summed E-state index contributed by atoms with van der Waals surface area (Å²) in [5.74, 6) is 1.60. The fraction of sp³-hybridized carbons (Fsp3) is 0.250. The largest absolute Gasteiger partial charge is 0.492 e. The van der Waals surface area contributed by atoms with Crippen LogP contribution in [0.1, 0.15) is 12.5 Å². The van der Waals surface area contributed by atoms with Gasteiger partial charge in [0, 0.05) is 12.6 Å². The molecule has 0 unspecified atom stereocenters. The van der Waals surface area contributed by atoms with Crippen molar-refractivity contribution in [3.05, 3.63) is 47.0 Å². The lowest BCUT2D eigenvalue weighted by Crippen LogP contribution is -2.23. The van der Waals surface area contributed by atoms with Crippen molar-refractivity contribution in [2.75, 3.05) is 13.4 Å². The Balaban J connectivity index is 1.75. The number of hydrogen-bond donors (Lipinski definition) is 1. The van der Waals surface area contributed by atoms with Crippen LogP contribution in [0, 0.1) is 0 Å². The summed E-state index contributed by atoms with van der Waals surface area (Å²) in [5, 5.41) is 0.367. The number of hydrogen-bond acceptors (Lipinski definition) is 5. The molecule has 2 aromatic rings. The number of fused-ring (bicyclic) bond motifs is 1. The molecule has 0 radical (unpaired) electrons. The maximum absolute atomic E-state index is 12.4. The van der Waals surface area contributed by atoms with E-state index in [9.17, 15) is 8.42 Å². The number of halogens is 1. The molecule has 0 atom stereocenters. The Kier molecular flexibility index (Phi) is 4.84. The normalized spacial score (nSPS) is 13.1. The van der Waals surface area contributed by atoms with Gasteiger partial charge in [-0.15, -0.1) is 0 Å². The molecule has 8 heteroatoms. The minimum Gasteiger partial charge on any atom is -0.492 e. The molecule has 0 saturated heterocycles. The summed E-state index contributed by atoms with van der Waals surface area (Å²) in [7, 11) is -3.69. The highest BCUT2D eigenvalue weighted by atomic mass is 35.5. The Morgan fingerprint density at radius 2 is 1.96 bits per heavy atom. The zero-order chi connectivity index (χ0) is 17.2. The summed E-state index contributed by atoms with van der Waals surface area (Å²) in [6.07, 6.45) is 0. The van der Waals surface area contributed by atoms with E-state index in [2.05, 4.69) is 4.72 Å². The van der Waals surface area contributed by atoms with Crippen LogP contribution in [-0.4, -0.2) is 21.8 Å². The van der Waals surface area contributed by atoms with Crippen molar-refractivity contribution in [1.29, 1.82) is 0 Å². The van der Waals surface area contributed by atoms with Crippen LogP contribution in [0.3, 0.4) is 0 Å². The molecule has 3 rings (SSSR count). The third-order valence-electron chi connectivity index (χ3n) is 3.42. The van der Waals surface area contributed by atoms with E-state index in [0.717, 1.165) is 5.56 Å². The van der Waals surface area contributed by atoms with Crippen LogP contribution in [0.2, 0.25) is 5.02 Å². The van der Waals surface area contributed by atoms with E-state index < -0.39 is 10.0 Å². The van der Waals surface area contributed by atoms with Gasteiger partial charge in [-0.1, -0.05) is 17.7 Å². The molecule has 1 N–H and O–H groups in total. The van der Waals surface area contributed by atoms with E-state index in [1.807, 2.05) is 0 Å². The van der Waals surface area contributed by atoms with Crippen LogP contribution in [0.25, 0.3) is 0 Å². The lowest BCUT2D eigenvalue weighted by molar-refractivity contribution is 0.174. The Bertz CT molecular complexity index is 854. The molecule has 6 nitrogen and oxygen atoms in total. The first-order chi connectivity index (χ1) is 11.5. The van der Waals surface area contributed by atoms with E-state index in [4.69, 9.17) is 25.8 Å². The molecular weight excluding hydrogens is 354 g/mol. The van der Waals surface area contributed by atoms with Gasteiger partial charge >= 0.3 is 0 Å². The third kappa shape index (κ3) is 3.58. The van der Waals surface area contributed by atoms with Gasteiger partial charge in [-0.2, -0.15) is 0 Å². The molecule has 1 heterocycles. The fourth-order valence-corrected chi connectivity index (χ4v) is 3.43. The van der Waals surface area contributed by atoms with Crippen LogP contribution >= 0.6 is 11.6 Å². The minimum atomic E-state index is -3.69. The van der Waals surface area contributed by atoms with Gasteiger partial charge in [-0.3, -0.25) is 0 Å². The number of benzene rings is 2. The standard InChI is InChI=1S/C16H16ClNO5S/c1-2-21-15-8-12(4-5-13(15)17)24(19,20)18-9-11-3-6-14-16(7-11)23-10-22-14/h3-8,18H,2,9-10H2,1H3. The van der Waals surface area contributed by atoms with Gasteiger partial charge in [-0.05, 0) is 36.8 Å². The molecule has 0 amide bonds. The highest BCUT2D eigenvalue weighted by Crippen LogP contribution is 2.32. The van der Waals surface area contributed by atoms with Gasteiger partial charge in [0.1, 0.15) is 5.75 Å². The van der Waals surface area contributed by atoms with Crippen molar-refractivity contribution in [3.63, 3.8) is 0 Å². The molecule has 0 bridgehead atoms. The lowest BCUT2D eigenvalue weighted by Gasteiger charge is -2.10. The maximum Gasteiger partial charge on any atom is 0.241 e. The predicted octanol–water partition coefficient (Wildman–Crippen LogP) is 2.95. The van der Waals surface area contributed by atoms with Gasteiger partial charge in [0.15, 0.2) is 11.5 Å². The Morgan fingerprint density at radius 1 is 1.17 bits per heavy atom. The highest BCUT2D eigenvalue weighted by molar-refractivity contribution is 7.89. The SMILES string of the molecule is CCOc1cc(S(=O)(=O)NCc2ccc3c(c2)OCO3)ccc1Cl. The molecule has 0 spiro atoms. The second-order valence-corrected chi connectivity index (χ2v) is 7.21. The van der Waals surface area contributed by atoms with Crippen LogP contribution in [-0.2, 0) is 16.6 Å². The van der Waals surface area contributed by atoms with Crippen LogP contribution in [0.5, 0.6) is 17.2 Å². The van der Waals surface area contributed by atoms with Gasteiger partial charge in [0.05, 0.1) is 16.5 Å². The summed E-state index contributed by atoms with van der Waals surface area (Å²) in [6.45, 7) is 2.50. The second kappa shape index (κ2) is 6.88. The second-order valence-electron chi connectivity index (χ2n) is 5.04. The quantitative estimate of drug-likeness (QED) is 0.847. The van der Waals surface area contributed by atoms with Crippen LogP contribution in [0.4, 0.5) is 0 Å². The van der Waals surface area contributed by atoms with E-state index in [0.29, 0.717) is 28.9 Å². The van der Waals surface area contributed by atoms with E-state index >= 15 is 0 Å². The van der Waals surface area contributed by atoms with Crippen molar-refractivity contribution in [2.24, 2.45) is 0 Å². The molecule has 0 fully saturated rings. The van der Waals surface area contributed by atoms with Crippen molar-refractivity contribution in [1.82, 2.24) is 4.72 Å². The molecule has 0 aromatic heterocycles. The van der Waals surface area contributed by atoms with E-state index in [1.165, 1.54) is 18.2 Å². The molecule has 0 saturated carbocycles. The van der Waals surface area contributed by atoms with E-state index in [1.54, 1.807) is 25.1 Å². The summed E-state index contributed by atoms with van der Waals surface area (Å²) >= 11 is 5.99. The van der Waals surface area contributed by atoms with Crippen molar-refractivity contribution in [3.8, 4) is 17.2 Å². The summed E-state index contributed by atoms with van der Waals surface area (Å²) in [4.78, 5) is 0.0936. The lowest BCUT2D eigenvalue weighted by atomic mass is 10.2. The summed E-state index contributed by atoms with van der Waals surface area (Å²) in [5.41, 5.74) is 0.766. The molecule has 128 valence electrons. The highest BCUT2D eigenvalue weighted by Gasteiger charge is 2.18. The third-order valence-corrected chi connectivity index (χ3v) is 5.13. The summed E-state index contributed by atoms with van der Waals surface area (Å²) in [6, 6.07) is 9.63. The zero-order valence-corrected chi connectivity index (χ0v) is 14.5. The Labute approximate surface area is 145 Å². The fourth-order valence-electron chi connectivity index (χ4n) is 2.23. The topological polar surface area (TPSA) is 73.9 Å².